The molecule has 0 saturated carbocycles. The molecule has 4 rings (SSSR count). The zero-order valence-electron chi connectivity index (χ0n) is 17.3. The molecule has 0 atom stereocenters. The molecule has 0 unspecified atom stereocenters. The Kier molecular flexibility index (Phi) is 5.05. The van der Waals surface area contributed by atoms with Crippen molar-refractivity contribution >= 4 is 17.0 Å². The summed E-state index contributed by atoms with van der Waals surface area (Å²) < 4.78 is 20.7. The van der Waals surface area contributed by atoms with Gasteiger partial charge in [0.1, 0.15) is 17.2 Å². The molecule has 0 aliphatic carbocycles. The van der Waals surface area contributed by atoms with E-state index in [1.807, 2.05) is 32.9 Å². The maximum Gasteiger partial charge on any atom is 0.410 e. The second-order valence-electron chi connectivity index (χ2n) is 8.44. The quantitative estimate of drug-likeness (QED) is 0.610. The van der Waals surface area contributed by atoms with Gasteiger partial charge in [0.2, 0.25) is 0 Å². The van der Waals surface area contributed by atoms with E-state index >= 15 is 0 Å². The van der Waals surface area contributed by atoms with Crippen molar-refractivity contribution in [3.63, 3.8) is 0 Å². The van der Waals surface area contributed by atoms with Crippen molar-refractivity contribution in [1.82, 2.24) is 14.5 Å². The molecule has 0 bridgehead atoms. The fourth-order valence-electron chi connectivity index (χ4n) is 3.61. The molecule has 0 radical (unpaired) electrons. The standard InChI is InChI=1S/C23H24FN3O3/c1-23(2,3)30-22(29)26-10-9-20-25-19-14-16(15-5-4-6-17(24)13-15)7-8-18(19)21(28)27(20)12-11-26/h4-8,13-14H,9-12H2,1-3H3. The highest BCUT2D eigenvalue weighted by Gasteiger charge is 2.25. The van der Waals surface area contributed by atoms with E-state index in [2.05, 4.69) is 0 Å². The molecule has 1 amide bonds. The maximum absolute atomic E-state index is 13.6. The number of amides is 1. The van der Waals surface area contributed by atoms with Gasteiger partial charge < -0.3 is 9.64 Å². The fraction of sp³-hybridized carbons (Fsp3) is 0.348. The largest absolute Gasteiger partial charge is 0.444 e. The van der Waals surface area contributed by atoms with Crippen LogP contribution in [0.25, 0.3) is 22.0 Å². The molecule has 1 aliphatic rings. The first-order chi connectivity index (χ1) is 14.2. The van der Waals surface area contributed by atoms with Gasteiger partial charge in [-0.2, -0.15) is 0 Å². The van der Waals surface area contributed by atoms with Crippen LogP contribution in [0.3, 0.4) is 0 Å². The number of nitrogens with zero attached hydrogens (tertiary/aromatic N) is 3. The van der Waals surface area contributed by atoms with Gasteiger partial charge in [-0.05, 0) is 56.2 Å². The number of benzene rings is 2. The van der Waals surface area contributed by atoms with Gasteiger partial charge in [0.25, 0.3) is 5.56 Å². The van der Waals surface area contributed by atoms with Crippen LogP contribution in [0, 0.1) is 5.82 Å². The lowest BCUT2D eigenvalue weighted by Gasteiger charge is -2.26. The molecule has 0 spiro atoms. The van der Waals surface area contributed by atoms with Crippen molar-refractivity contribution in [3.05, 3.63) is 64.5 Å². The first-order valence-electron chi connectivity index (χ1n) is 9.99. The van der Waals surface area contributed by atoms with Crippen molar-refractivity contribution in [2.75, 3.05) is 13.1 Å². The van der Waals surface area contributed by atoms with E-state index in [4.69, 9.17) is 9.72 Å². The fourth-order valence-corrected chi connectivity index (χ4v) is 3.61. The van der Waals surface area contributed by atoms with E-state index in [1.165, 1.54) is 12.1 Å². The normalized spacial score (nSPS) is 14.3. The highest BCUT2D eigenvalue weighted by atomic mass is 19.1. The van der Waals surface area contributed by atoms with E-state index in [-0.39, 0.29) is 17.5 Å². The minimum absolute atomic E-state index is 0.133. The van der Waals surface area contributed by atoms with Crippen molar-refractivity contribution in [2.24, 2.45) is 0 Å². The lowest BCUT2D eigenvalue weighted by atomic mass is 10.0. The molecular formula is C23H24FN3O3. The number of fused-ring (bicyclic) bond motifs is 2. The molecule has 3 aromatic rings. The molecular weight excluding hydrogens is 385 g/mol. The van der Waals surface area contributed by atoms with E-state index in [0.29, 0.717) is 42.8 Å². The third-order valence-corrected chi connectivity index (χ3v) is 5.04. The SMILES string of the molecule is CC(C)(C)OC(=O)N1CCc2nc3cc(-c4cccc(F)c4)ccc3c(=O)n2CC1. The summed E-state index contributed by atoms with van der Waals surface area (Å²) in [6.45, 7) is 6.65. The molecule has 1 aliphatic heterocycles. The van der Waals surface area contributed by atoms with Gasteiger partial charge in [0.15, 0.2) is 0 Å². The molecule has 6 nitrogen and oxygen atoms in total. The van der Waals surface area contributed by atoms with E-state index in [9.17, 15) is 14.0 Å². The molecule has 2 heterocycles. The van der Waals surface area contributed by atoms with Crippen LogP contribution in [0.4, 0.5) is 9.18 Å². The Balaban J connectivity index is 1.67. The van der Waals surface area contributed by atoms with Gasteiger partial charge in [0, 0.05) is 26.1 Å². The molecule has 0 N–H and O–H groups in total. The Hall–Kier alpha value is -3.22. The second-order valence-corrected chi connectivity index (χ2v) is 8.44. The molecule has 2 aromatic carbocycles. The summed E-state index contributed by atoms with van der Waals surface area (Å²) in [5, 5.41) is 0.504. The maximum atomic E-state index is 13.6. The lowest BCUT2D eigenvalue weighted by Crippen LogP contribution is -2.38. The van der Waals surface area contributed by atoms with Crippen LogP contribution in [0.5, 0.6) is 0 Å². The van der Waals surface area contributed by atoms with Crippen molar-refractivity contribution in [2.45, 2.75) is 39.3 Å². The van der Waals surface area contributed by atoms with Crippen LogP contribution in [0.15, 0.2) is 47.3 Å². The first kappa shape index (κ1) is 20.1. The third-order valence-electron chi connectivity index (χ3n) is 5.04. The van der Waals surface area contributed by atoms with Gasteiger partial charge in [-0.3, -0.25) is 9.36 Å². The average molecular weight is 409 g/mol. The van der Waals surface area contributed by atoms with E-state index < -0.39 is 5.60 Å². The molecule has 0 fully saturated rings. The molecule has 30 heavy (non-hydrogen) atoms. The second kappa shape index (κ2) is 7.55. The van der Waals surface area contributed by atoms with Crippen LogP contribution >= 0.6 is 0 Å². The Bertz CT molecular complexity index is 1180. The summed E-state index contributed by atoms with van der Waals surface area (Å²) >= 11 is 0. The van der Waals surface area contributed by atoms with Crippen molar-refractivity contribution in [3.8, 4) is 11.1 Å². The Morgan fingerprint density at radius 1 is 1.07 bits per heavy atom. The summed E-state index contributed by atoms with van der Waals surface area (Å²) in [5.74, 6) is 0.319. The zero-order valence-corrected chi connectivity index (χ0v) is 17.3. The van der Waals surface area contributed by atoms with Crippen molar-refractivity contribution < 1.29 is 13.9 Å². The average Bonchev–Trinajstić information content (AvgIpc) is 2.89. The Labute approximate surface area is 173 Å². The minimum Gasteiger partial charge on any atom is -0.444 e. The number of carbonyl (C=O) groups excluding carboxylic acids is 1. The third kappa shape index (κ3) is 4.06. The molecule has 156 valence electrons. The van der Waals surface area contributed by atoms with Crippen LogP contribution in [0.1, 0.15) is 26.6 Å². The Morgan fingerprint density at radius 3 is 2.57 bits per heavy atom. The Morgan fingerprint density at radius 2 is 1.83 bits per heavy atom. The number of hydrogen-bond acceptors (Lipinski definition) is 4. The number of aromatic nitrogens is 2. The summed E-state index contributed by atoms with van der Waals surface area (Å²) in [5.41, 5.74) is 1.38. The van der Waals surface area contributed by atoms with Gasteiger partial charge in [-0.25, -0.2) is 14.2 Å². The van der Waals surface area contributed by atoms with Crippen LogP contribution in [0.2, 0.25) is 0 Å². The monoisotopic (exact) mass is 409 g/mol. The molecule has 0 saturated heterocycles. The van der Waals surface area contributed by atoms with E-state index in [0.717, 1.165) is 11.1 Å². The summed E-state index contributed by atoms with van der Waals surface area (Å²) in [7, 11) is 0. The number of ether oxygens (including phenoxy) is 1. The minimum atomic E-state index is -0.576. The number of hydrogen-bond donors (Lipinski definition) is 0. The summed E-state index contributed by atoms with van der Waals surface area (Å²) in [4.78, 5) is 31.8. The van der Waals surface area contributed by atoms with Crippen LogP contribution in [-0.2, 0) is 17.7 Å². The van der Waals surface area contributed by atoms with Gasteiger partial charge >= 0.3 is 6.09 Å². The zero-order chi connectivity index (χ0) is 21.5. The van der Waals surface area contributed by atoms with Gasteiger partial charge in [-0.15, -0.1) is 0 Å². The highest BCUT2D eigenvalue weighted by molar-refractivity contribution is 5.83. The van der Waals surface area contributed by atoms with E-state index in [1.54, 1.807) is 27.7 Å². The summed E-state index contributed by atoms with van der Waals surface area (Å²) in [6.07, 6.45) is 0.0653. The number of carbonyl (C=O) groups is 1. The lowest BCUT2D eigenvalue weighted by molar-refractivity contribution is 0.0254. The number of halogens is 1. The van der Waals surface area contributed by atoms with Crippen LogP contribution in [-0.4, -0.2) is 39.2 Å². The topological polar surface area (TPSA) is 64.4 Å². The smallest absolute Gasteiger partial charge is 0.410 e. The first-order valence-corrected chi connectivity index (χ1v) is 9.99. The van der Waals surface area contributed by atoms with Crippen LogP contribution < -0.4 is 5.56 Å². The highest BCUT2D eigenvalue weighted by Crippen LogP contribution is 2.23. The number of rotatable bonds is 1. The predicted molar refractivity (Wildman–Crippen MR) is 113 cm³/mol. The molecule has 7 heteroatoms. The summed E-state index contributed by atoms with van der Waals surface area (Å²) in [6, 6.07) is 11.7. The van der Waals surface area contributed by atoms with Crippen molar-refractivity contribution in [1.29, 1.82) is 0 Å². The predicted octanol–water partition coefficient (Wildman–Crippen LogP) is 4.00. The van der Waals surface area contributed by atoms with Gasteiger partial charge in [0.05, 0.1) is 10.9 Å². The molecule has 1 aromatic heterocycles. The van der Waals surface area contributed by atoms with Gasteiger partial charge in [-0.1, -0.05) is 18.2 Å².